The molecule has 0 amide bonds. The van der Waals surface area contributed by atoms with Gasteiger partial charge in [0.1, 0.15) is 12.3 Å². The van der Waals surface area contributed by atoms with Crippen LogP contribution in [0.4, 0.5) is 0 Å². The average molecular weight is 288 g/mol. The minimum Gasteiger partial charge on any atom is -0.496 e. The van der Waals surface area contributed by atoms with Crippen molar-refractivity contribution in [2.45, 2.75) is 39.7 Å². The number of methoxy groups -OCH3 is 1. The maximum atomic E-state index is 12.5. The molecule has 1 heterocycles. The van der Waals surface area contributed by atoms with E-state index < -0.39 is 0 Å². The Bertz CT molecular complexity index is 656. The quantitative estimate of drug-likeness (QED) is 0.806. The van der Waals surface area contributed by atoms with Crippen molar-refractivity contribution in [1.82, 2.24) is 20.2 Å². The molecule has 0 aliphatic heterocycles. The number of hydrogen-bond donors (Lipinski definition) is 0. The van der Waals surface area contributed by atoms with Gasteiger partial charge in [-0.3, -0.25) is 4.79 Å². The molecule has 0 aliphatic carbocycles. The van der Waals surface area contributed by atoms with E-state index in [1.165, 1.54) is 0 Å². The summed E-state index contributed by atoms with van der Waals surface area (Å²) in [5.41, 5.74) is 1.33. The lowest BCUT2D eigenvalue weighted by Crippen LogP contribution is -2.23. The maximum absolute atomic E-state index is 12.5. The molecule has 0 saturated heterocycles. The summed E-state index contributed by atoms with van der Waals surface area (Å²) in [5, 5.41) is 11.6. The second kappa shape index (κ2) is 5.63. The number of hydrogen-bond acceptors (Lipinski definition) is 5. The number of rotatable bonds is 4. The highest BCUT2D eigenvalue weighted by molar-refractivity contribution is 5.98. The summed E-state index contributed by atoms with van der Waals surface area (Å²) >= 11 is 0. The van der Waals surface area contributed by atoms with Crippen LogP contribution < -0.4 is 4.74 Å². The first-order valence-electron chi connectivity index (χ1n) is 6.77. The van der Waals surface area contributed by atoms with Gasteiger partial charge in [0.05, 0.1) is 12.7 Å². The fraction of sp³-hybridized carbons (Fsp3) is 0.467. The maximum Gasteiger partial charge on any atom is 0.188 e. The lowest BCUT2D eigenvalue weighted by atomic mass is 9.95. The van der Waals surface area contributed by atoms with Crippen LogP contribution in [0.25, 0.3) is 0 Å². The highest BCUT2D eigenvalue weighted by Gasteiger charge is 2.24. The molecule has 0 bridgehead atoms. The van der Waals surface area contributed by atoms with Crippen molar-refractivity contribution in [3.63, 3.8) is 0 Å². The van der Waals surface area contributed by atoms with E-state index in [1.807, 2.05) is 39.8 Å². The van der Waals surface area contributed by atoms with Crippen molar-refractivity contribution in [1.29, 1.82) is 0 Å². The third-order valence-electron chi connectivity index (χ3n) is 3.15. The second-order valence-electron chi connectivity index (χ2n) is 6.04. The third-order valence-corrected chi connectivity index (χ3v) is 3.15. The number of carbonyl (C=O) groups is 1. The lowest BCUT2D eigenvalue weighted by molar-refractivity contribution is 0.0961. The third kappa shape index (κ3) is 3.26. The molecule has 0 radical (unpaired) electrons. The fourth-order valence-electron chi connectivity index (χ4n) is 2.11. The Morgan fingerprint density at radius 3 is 2.67 bits per heavy atom. The van der Waals surface area contributed by atoms with Crippen LogP contribution in [-0.4, -0.2) is 33.1 Å². The monoisotopic (exact) mass is 288 g/mol. The van der Waals surface area contributed by atoms with Crippen LogP contribution in [0.2, 0.25) is 0 Å². The Labute approximate surface area is 124 Å². The van der Waals surface area contributed by atoms with E-state index in [0.717, 1.165) is 5.56 Å². The molecule has 112 valence electrons. The van der Waals surface area contributed by atoms with Crippen molar-refractivity contribution in [2.75, 3.05) is 7.11 Å². The van der Waals surface area contributed by atoms with Crippen LogP contribution in [-0.2, 0) is 12.0 Å². The van der Waals surface area contributed by atoms with Gasteiger partial charge in [0.15, 0.2) is 11.6 Å². The van der Waals surface area contributed by atoms with E-state index >= 15 is 0 Å². The average Bonchev–Trinajstić information content (AvgIpc) is 2.86. The van der Waals surface area contributed by atoms with Crippen LogP contribution in [0.5, 0.6) is 5.75 Å². The summed E-state index contributed by atoms with van der Waals surface area (Å²) < 4.78 is 6.80. The van der Waals surface area contributed by atoms with Crippen LogP contribution in [0, 0.1) is 6.92 Å². The van der Waals surface area contributed by atoms with E-state index in [2.05, 4.69) is 15.5 Å². The SMILES string of the molecule is COc1ccc(C)cc1C(=O)Cn1nnnc1C(C)(C)C. The fourth-order valence-corrected chi connectivity index (χ4v) is 2.11. The van der Waals surface area contributed by atoms with Gasteiger partial charge in [-0.05, 0) is 29.5 Å². The highest BCUT2D eigenvalue weighted by atomic mass is 16.5. The number of tetrazole rings is 1. The van der Waals surface area contributed by atoms with Gasteiger partial charge in [-0.25, -0.2) is 4.68 Å². The number of Topliss-reactive ketones (excluding diaryl/α,β-unsaturated/α-hetero) is 1. The van der Waals surface area contributed by atoms with Gasteiger partial charge in [0.25, 0.3) is 0 Å². The molecule has 0 saturated carbocycles. The van der Waals surface area contributed by atoms with Crippen molar-refractivity contribution in [3.05, 3.63) is 35.2 Å². The van der Waals surface area contributed by atoms with Gasteiger partial charge in [-0.2, -0.15) is 0 Å². The smallest absolute Gasteiger partial charge is 0.188 e. The number of aromatic nitrogens is 4. The summed E-state index contributed by atoms with van der Waals surface area (Å²) in [7, 11) is 1.55. The van der Waals surface area contributed by atoms with Gasteiger partial charge < -0.3 is 4.74 Å². The molecule has 2 aromatic rings. The first-order chi connectivity index (χ1) is 9.82. The molecule has 0 unspecified atom stereocenters. The Balaban J connectivity index is 2.31. The standard InChI is InChI=1S/C15H20N4O2/c1-10-6-7-13(21-5)11(8-10)12(20)9-19-14(15(2,3)4)16-17-18-19/h6-8H,9H2,1-5H3. The number of nitrogens with zero attached hydrogens (tertiary/aromatic N) is 4. The van der Waals surface area contributed by atoms with Gasteiger partial charge in [0, 0.05) is 5.41 Å². The first kappa shape index (κ1) is 15.2. The van der Waals surface area contributed by atoms with E-state index in [9.17, 15) is 4.79 Å². The minimum atomic E-state index is -0.222. The van der Waals surface area contributed by atoms with E-state index in [1.54, 1.807) is 17.9 Å². The normalized spacial score (nSPS) is 11.5. The molecular formula is C15H20N4O2. The Morgan fingerprint density at radius 1 is 1.33 bits per heavy atom. The molecule has 0 fully saturated rings. The minimum absolute atomic E-state index is 0.0756. The van der Waals surface area contributed by atoms with E-state index in [0.29, 0.717) is 17.1 Å². The van der Waals surface area contributed by atoms with E-state index in [4.69, 9.17) is 4.74 Å². The van der Waals surface area contributed by atoms with Gasteiger partial charge >= 0.3 is 0 Å². The molecule has 21 heavy (non-hydrogen) atoms. The molecule has 2 rings (SSSR count). The molecule has 6 nitrogen and oxygen atoms in total. The van der Waals surface area contributed by atoms with Crippen LogP contribution in [0.15, 0.2) is 18.2 Å². The number of aryl methyl sites for hydroxylation is 1. The summed E-state index contributed by atoms with van der Waals surface area (Å²) in [6.07, 6.45) is 0. The molecule has 1 aromatic carbocycles. The zero-order valence-corrected chi connectivity index (χ0v) is 13.0. The van der Waals surface area contributed by atoms with Crippen molar-refractivity contribution in [3.8, 4) is 5.75 Å². The first-order valence-corrected chi connectivity index (χ1v) is 6.77. The number of ether oxygens (including phenoxy) is 1. The Kier molecular flexibility index (Phi) is 4.06. The summed E-state index contributed by atoms with van der Waals surface area (Å²) in [6.45, 7) is 8.06. The van der Waals surface area contributed by atoms with Gasteiger partial charge in [0.2, 0.25) is 0 Å². The van der Waals surface area contributed by atoms with Crippen LogP contribution >= 0.6 is 0 Å². The van der Waals surface area contributed by atoms with Crippen LogP contribution in [0.3, 0.4) is 0 Å². The molecule has 0 aliphatic rings. The van der Waals surface area contributed by atoms with Crippen molar-refractivity contribution < 1.29 is 9.53 Å². The molecule has 0 spiro atoms. The van der Waals surface area contributed by atoms with Crippen molar-refractivity contribution in [2.24, 2.45) is 0 Å². The molecular weight excluding hydrogens is 268 g/mol. The van der Waals surface area contributed by atoms with Gasteiger partial charge in [-0.1, -0.05) is 32.4 Å². The molecule has 0 atom stereocenters. The number of carbonyl (C=O) groups excluding carboxylic acids is 1. The lowest BCUT2D eigenvalue weighted by Gasteiger charge is -2.17. The van der Waals surface area contributed by atoms with E-state index in [-0.39, 0.29) is 17.7 Å². The Hall–Kier alpha value is -2.24. The predicted octanol–water partition coefficient (Wildman–Crippen LogP) is 2.17. The zero-order chi connectivity index (χ0) is 15.6. The second-order valence-corrected chi connectivity index (χ2v) is 6.04. The van der Waals surface area contributed by atoms with Crippen LogP contribution in [0.1, 0.15) is 42.5 Å². The summed E-state index contributed by atoms with van der Waals surface area (Å²) in [6, 6.07) is 5.53. The summed E-state index contributed by atoms with van der Waals surface area (Å²) in [5.74, 6) is 1.17. The molecule has 1 aromatic heterocycles. The largest absolute Gasteiger partial charge is 0.496 e. The summed E-state index contributed by atoms with van der Waals surface area (Å²) in [4.78, 5) is 12.5. The van der Waals surface area contributed by atoms with Crippen molar-refractivity contribution >= 4 is 5.78 Å². The highest BCUT2D eigenvalue weighted by Crippen LogP contribution is 2.22. The number of benzene rings is 1. The number of ketones is 1. The Morgan fingerprint density at radius 2 is 2.05 bits per heavy atom. The molecule has 0 N–H and O–H groups in total. The van der Waals surface area contributed by atoms with Gasteiger partial charge in [-0.15, -0.1) is 5.10 Å². The zero-order valence-electron chi connectivity index (χ0n) is 13.0. The topological polar surface area (TPSA) is 69.9 Å². The molecule has 6 heteroatoms. The predicted molar refractivity (Wildman–Crippen MR) is 78.6 cm³/mol.